The Kier molecular flexibility index (Phi) is 5.79. The molecule has 1 aliphatic rings. The lowest BCUT2D eigenvalue weighted by molar-refractivity contribution is 0.170. The molecule has 1 aliphatic heterocycles. The predicted octanol–water partition coefficient (Wildman–Crippen LogP) is 4.01. The van der Waals surface area contributed by atoms with Crippen molar-refractivity contribution in [3.05, 3.63) is 42.1 Å². The lowest BCUT2D eigenvalue weighted by atomic mass is 10.1. The Labute approximate surface area is 176 Å². The molecule has 2 aromatic carbocycles. The van der Waals surface area contributed by atoms with Gasteiger partial charge in [0, 0.05) is 31.3 Å². The number of methoxy groups -OCH3 is 3. The number of rotatable bonds is 6. The summed E-state index contributed by atoms with van der Waals surface area (Å²) in [5.41, 5.74) is 1.20. The van der Waals surface area contributed by atoms with Crippen LogP contribution in [0.15, 0.2) is 36.5 Å². The van der Waals surface area contributed by atoms with Gasteiger partial charge in [0.15, 0.2) is 17.3 Å². The van der Waals surface area contributed by atoms with Crippen LogP contribution >= 0.6 is 0 Å². The molecule has 0 amide bonds. The minimum Gasteiger partial charge on any atom is -0.493 e. The molecule has 0 N–H and O–H groups in total. The van der Waals surface area contributed by atoms with Crippen LogP contribution in [0.3, 0.4) is 0 Å². The lowest BCUT2D eigenvalue weighted by Crippen LogP contribution is -2.38. The predicted molar refractivity (Wildman–Crippen MR) is 116 cm³/mol. The highest BCUT2D eigenvalue weighted by Gasteiger charge is 2.25. The Morgan fingerprint density at radius 3 is 2.37 bits per heavy atom. The van der Waals surface area contributed by atoms with Crippen molar-refractivity contribution in [3.63, 3.8) is 0 Å². The van der Waals surface area contributed by atoms with E-state index in [4.69, 9.17) is 18.9 Å². The fourth-order valence-electron chi connectivity index (χ4n) is 3.99. The number of anilines is 1. The van der Waals surface area contributed by atoms with Crippen molar-refractivity contribution in [3.8, 4) is 23.0 Å². The quantitative estimate of drug-likeness (QED) is 0.609. The zero-order valence-electron chi connectivity index (χ0n) is 17.8. The molecule has 7 heteroatoms. The second kappa shape index (κ2) is 8.65. The first-order chi connectivity index (χ1) is 14.6. The molecule has 3 aromatic rings. The van der Waals surface area contributed by atoms with Gasteiger partial charge in [0.1, 0.15) is 11.9 Å². The maximum absolute atomic E-state index is 6.19. The first-order valence-electron chi connectivity index (χ1n) is 10.1. The Morgan fingerprint density at radius 2 is 1.70 bits per heavy atom. The van der Waals surface area contributed by atoms with Gasteiger partial charge in [-0.05, 0) is 30.7 Å². The summed E-state index contributed by atoms with van der Waals surface area (Å²) in [6.07, 6.45) is 3.72. The first-order valence-corrected chi connectivity index (χ1v) is 10.1. The molecule has 2 heterocycles. The van der Waals surface area contributed by atoms with Crippen molar-refractivity contribution >= 4 is 16.6 Å². The smallest absolute Gasteiger partial charge is 0.204 e. The SMILES string of the molecule is COc1cc2c(N3CCC(Oc4cccc(C)c4)CC3)nncc2c(OC)c1OC. The first kappa shape index (κ1) is 20.1. The largest absolute Gasteiger partial charge is 0.493 e. The molecule has 7 nitrogen and oxygen atoms in total. The minimum absolute atomic E-state index is 0.190. The summed E-state index contributed by atoms with van der Waals surface area (Å²) in [4.78, 5) is 2.25. The normalized spacial score (nSPS) is 14.6. The van der Waals surface area contributed by atoms with Gasteiger partial charge in [0.2, 0.25) is 5.75 Å². The molecule has 4 rings (SSSR count). The summed E-state index contributed by atoms with van der Waals surface area (Å²) in [5.74, 6) is 3.51. The van der Waals surface area contributed by atoms with E-state index in [9.17, 15) is 0 Å². The highest BCUT2D eigenvalue weighted by atomic mass is 16.5. The molecule has 1 saturated heterocycles. The van der Waals surface area contributed by atoms with Gasteiger partial charge in [-0.2, -0.15) is 5.10 Å². The van der Waals surface area contributed by atoms with Crippen LogP contribution in [0, 0.1) is 6.92 Å². The Bertz CT molecular complexity index is 1030. The van der Waals surface area contributed by atoms with Crippen LogP contribution < -0.4 is 23.8 Å². The molecule has 0 bridgehead atoms. The van der Waals surface area contributed by atoms with Gasteiger partial charge in [-0.3, -0.25) is 0 Å². The second-order valence-corrected chi connectivity index (χ2v) is 7.40. The van der Waals surface area contributed by atoms with E-state index < -0.39 is 0 Å². The average Bonchev–Trinajstić information content (AvgIpc) is 2.77. The minimum atomic E-state index is 0.190. The third kappa shape index (κ3) is 3.79. The molecule has 0 radical (unpaired) electrons. The summed E-state index contributed by atoms with van der Waals surface area (Å²) >= 11 is 0. The summed E-state index contributed by atoms with van der Waals surface area (Å²) in [6.45, 7) is 3.74. The molecule has 0 unspecified atom stereocenters. The van der Waals surface area contributed by atoms with Gasteiger partial charge < -0.3 is 23.8 Å². The van der Waals surface area contributed by atoms with E-state index >= 15 is 0 Å². The highest BCUT2D eigenvalue weighted by Crippen LogP contribution is 2.45. The number of piperidine rings is 1. The van der Waals surface area contributed by atoms with Crippen LogP contribution in [0.5, 0.6) is 23.0 Å². The number of aromatic nitrogens is 2. The van der Waals surface area contributed by atoms with E-state index in [0.717, 1.165) is 48.3 Å². The van der Waals surface area contributed by atoms with E-state index in [1.165, 1.54) is 5.56 Å². The molecular weight excluding hydrogens is 382 g/mol. The van der Waals surface area contributed by atoms with Crippen LogP contribution in [-0.2, 0) is 0 Å². The van der Waals surface area contributed by atoms with Crippen molar-refractivity contribution in [1.82, 2.24) is 10.2 Å². The molecule has 0 spiro atoms. The van der Waals surface area contributed by atoms with E-state index in [1.807, 2.05) is 18.2 Å². The molecular formula is C23H27N3O4. The standard InChI is InChI=1S/C23H27N3O4/c1-15-6-5-7-17(12-15)30-16-8-10-26(11-9-16)23-18-13-20(27-2)22(29-4)21(28-3)19(18)14-24-25-23/h5-7,12-14,16H,8-11H2,1-4H3. The molecule has 0 aliphatic carbocycles. The molecule has 158 valence electrons. The van der Waals surface area contributed by atoms with Gasteiger partial charge in [0.05, 0.1) is 32.9 Å². The fraction of sp³-hybridized carbons (Fsp3) is 0.391. The highest BCUT2D eigenvalue weighted by molar-refractivity contribution is 5.99. The average molecular weight is 409 g/mol. The van der Waals surface area contributed by atoms with Gasteiger partial charge in [-0.1, -0.05) is 12.1 Å². The molecule has 1 fully saturated rings. The van der Waals surface area contributed by atoms with E-state index in [1.54, 1.807) is 27.5 Å². The van der Waals surface area contributed by atoms with Gasteiger partial charge in [-0.15, -0.1) is 5.10 Å². The fourth-order valence-corrected chi connectivity index (χ4v) is 3.99. The van der Waals surface area contributed by atoms with Crippen LogP contribution in [0.1, 0.15) is 18.4 Å². The Hall–Kier alpha value is -3.22. The lowest BCUT2D eigenvalue weighted by Gasteiger charge is -2.33. The van der Waals surface area contributed by atoms with Crippen LogP contribution in [0.25, 0.3) is 10.8 Å². The van der Waals surface area contributed by atoms with Gasteiger partial charge >= 0.3 is 0 Å². The maximum atomic E-state index is 6.19. The Balaban J connectivity index is 1.58. The summed E-state index contributed by atoms with van der Waals surface area (Å²) in [6, 6.07) is 10.1. The van der Waals surface area contributed by atoms with Crippen LogP contribution in [0.4, 0.5) is 5.82 Å². The van der Waals surface area contributed by atoms with Crippen molar-refractivity contribution in [2.75, 3.05) is 39.3 Å². The summed E-state index contributed by atoms with van der Waals surface area (Å²) < 4.78 is 22.8. The monoisotopic (exact) mass is 409 g/mol. The van der Waals surface area contributed by atoms with Crippen molar-refractivity contribution in [2.45, 2.75) is 25.9 Å². The number of aryl methyl sites for hydroxylation is 1. The zero-order valence-corrected chi connectivity index (χ0v) is 17.8. The van der Waals surface area contributed by atoms with Gasteiger partial charge in [0.25, 0.3) is 0 Å². The van der Waals surface area contributed by atoms with E-state index in [2.05, 4.69) is 34.2 Å². The molecule has 0 atom stereocenters. The number of hydrogen-bond donors (Lipinski definition) is 0. The van der Waals surface area contributed by atoms with Crippen LogP contribution in [-0.4, -0.2) is 50.7 Å². The summed E-state index contributed by atoms with van der Waals surface area (Å²) in [5, 5.41) is 10.4. The number of ether oxygens (including phenoxy) is 4. The number of hydrogen-bond acceptors (Lipinski definition) is 7. The number of benzene rings is 2. The topological polar surface area (TPSA) is 65.9 Å². The van der Waals surface area contributed by atoms with Crippen molar-refractivity contribution in [2.24, 2.45) is 0 Å². The third-order valence-electron chi connectivity index (χ3n) is 5.48. The van der Waals surface area contributed by atoms with E-state index in [0.29, 0.717) is 17.2 Å². The second-order valence-electron chi connectivity index (χ2n) is 7.40. The van der Waals surface area contributed by atoms with Crippen molar-refractivity contribution in [1.29, 1.82) is 0 Å². The molecule has 1 aromatic heterocycles. The van der Waals surface area contributed by atoms with E-state index in [-0.39, 0.29) is 6.10 Å². The maximum Gasteiger partial charge on any atom is 0.204 e. The molecule has 0 saturated carbocycles. The third-order valence-corrected chi connectivity index (χ3v) is 5.48. The van der Waals surface area contributed by atoms with Crippen LogP contribution in [0.2, 0.25) is 0 Å². The Morgan fingerprint density at radius 1 is 0.933 bits per heavy atom. The number of fused-ring (bicyclic) bond motifs is 1. The van der Waals surface area contributed by atoms with Crippen molar-refractivity contribution < 1.29 is 18.9 Å². The zero-order chi connectivity index (χ0) is 21.1. The molecule has 30 heavy (non-hydrogen) atoms. The number of nitrogens with zero attached hydrogens (tertiary/aromatic N) is 3. The van der Waals surface area contributed by atoms with Gasteiger partial charge in [-0.25, -0.2) is 0 Å². The summed E-state index contributed by atoms with van der Waals surface area (Å²) in [7, 11) is 4.83.